The minimum atomic E-state index is -1.05. The van der Waals surface area contributed by atoms with Gasteiger partial charge in [-0.3, -0.25) is 4.68 Å². The molecule has 3 N–H and O–H groups in total. The number of imidazole rings is 1. The highest BCUT2D eigenvalue weighted by Gasteiger charge is 2.24. The molecule has 8 heteroatoms. The van der Waals surface area contributed by atoms with Gasteiger partial charge < -0.3 is 20.3 Å². The van der Waals surface area contributed by atoms with E-state index in [4.69, 9.17) is 0 Å². The van der Waals surface area contributed by atoms with Crippen LogP contribution >= 0.6 is 0 Å². The predicted molar refractivity (Wildman–Crippen MR) is 113 cm³/mol. The fraction of sp³-hybridized carbons (Fsp3) is 0.381. The number of nitrogens with zero attached hydrogens (tertiary/aromatic N) is 5. The fourth-order valence-corrected chi connectivity index (χ4v) is 2.99. The zero-order chi connectivity index (χ0) is 20.7. The SMILES string of the molecule is CCNC(=NCc1cccc(Cn2ccnc2)c1)NCC(C)(O)c1cnn(C)c1. The number of aliphatic hydroxyl groups is 1. The van der Waals surface area contributed by atoms with E-state index < -0.39 is 5.60 Å². The molecule has 3 rings (SSSR count). The van der Waals surface area contributed by atoms with Crippen LogP contribution in [0.2, 0.25) is 0 Å². The molecule has 0 bridgehead atoms. The van der Waals surface area contributed by atoms with Crippen LogP contribution in [-0.2, 0) is 25.7 Å². The summed E-state index contributed by atoms with van der Waals surface area (Å²) in [4.78, 5) is 8.75. The van der Waals surface area contributed by atoms with Crippen LogP contribution in [0, 0.1) is 0 Å². The molecule has 0 aliphatic heterocycles. The Hall–Kier alpha value is -3.13. The highest BCUT2D eigenvalue weighted by Crippen LogP contribution is 2.18. The third kappa shape index (κ3) is 5.92. The lowest BCUT2D eigenvalue weighted by Crippen LogP contribution is -2.44. The molecule has 0 amide bonds. The topological polar surface area (TPSA) is 92.3 Å². The molecule has 3 aromatic rings. The van der Waals surface area contributed by atoms with E-state index in [0.29, 0.717) is 19.0 Å². The third-order valence-corrected chi connectivity index (χ3v) is 4.61. The maximum absolute atomic E-state index is 10.8. The molecule has 2 heterocycles. The second kappa shape index (κ2) is 9.38. The lowest BCUT2D eigenvalue weighted by atomic mass is 10.00. The summed E-state index contributed by atoms with van der Waals surface area (Å²) in [5.41, 5.74) is 2.04. The van der Waals surface area contributed by atoms with Crippen molar-refractivity contribution in [3.8, 4) is 0 Å². The van der Waals surface area contributed by atoms with Gasteiger partial charge in [-0.05, 0) is 25.0 Å². The van der Waals surface area contributed by atoms with Crippen LogP contribution in [0.25, 0.3) is 0 Å². The van der Waals surface area contributed by atoms with Crippen LogP contribution in [0.15, 0.2) is 60.4 Å². The third-order valence-electron chi connectivity index (χ3n) is 4.61. The summed E-state index contributed by atoms with van der Waals surface area (Å²) < 4.78 is 3.72. The van der Waals surface area contributed by atoms with Crippen LogP contribution in [-0.4, -0.2) is 43.5 Å². The first kappa shape index (κ1) is 20.6. The Balaban J connectivity index is 1.63. The number of guanidine groups is 1. The normalized spacial score (nSPS) is 13.9. The first-order valence-electron chi connectivity index (χ1n) is 9.73. The minimum absolute atomic E-state index is 0.325. The smallest absolute Gasteiger partial charge is 0.191 e. The van der Waals surface area contributed by atoms with Crippen molar-refractivity contribution in [2.75, 3.05) is 13.1 Å². The number of nitrogens with one attached hydrogen (secondary N) is 2. The highest BCUT2D eigenvalue weighted by molar-refractivity contribution is 5.79. The summed E-state index contributed by atoms with van der Waals surface area (Å²) in [7, 11) is 1.83. The molecule has 0 aliphatic carbocycles. The summed E-state index contributed by atoms with van der Waals surface area (Å²) in [6.45, 7) is 6.17. The average molecular weight is 396 g/mol. The molecule has 8 nitrogen and oxygen atoms in total. The van der Waals surface area contributed by atoms with Crippen molar-refractivity contribution in [3.05, 3.63) is 72.1 Å². The highest BCUT2D eigenvalue weighted by atomic mass is 16.3. The number of hydrogen-bond donors (Lipinski definition) is 3. The lowest BCUT2D eigenvalue weighted by molar-refractivity contribution is 0.0616. The largest absolute Gasteiger partial charge is 0.383 e. The molecule has 154 valence electrons. The Bertz CT molecular complexity index is 928. The molecule has 0 saturated carbocycles. The van der Waals surface area contributed by atoms with E-state index in [2.05, 4.69) is 43.9 Å². The quantitative estimate of drug-likeness (QED) is 0.398. The van der Waals surface area contributed by atoms with Crippen LogP contribution < -0.4 is 10.6 Å². The van der Waals surface area contributed by atoms with Crippen molar-refractivity contribution in [1.82, 2.24) is 30.0 Å². The maximum Gasteiger partial charge on any atom is 0.191 e. The van der Waals surface area contributed by atoms with E-state index in [1.807, 2.05) is 43.3 Å². The van der Waals surface area contributed by atoms with Crippen LogP contribution in [0.1, 0.15) is 30.5 Å². The van der Waals surface area contributed by atoms with E-state index in [-0.39, 0.29) is 0 Å². The summed E-state index contributed by atoms with van der Waals surface area (Å²) >= 11 is 0. The van der Waals surface area contributed by atoms with Gasteiger partial charge in [-0.2, -0.15) is 5.10 Å². The summed E-state index contributed by atoms with van der Waals surface area (Å²) in [5.74, 6) is 0.664. The Labute approximate surface area is 171 Å². The molecule has 0 saturated heterocycles. The molecule has 1 aromatic carbocycles. The molecule has 29 heavy (non-hydrogen) atoms. The average Bonchev–Trinajstić information content (AvgIpc) is 3.36. The van der Waals surface area contributed by atoms with Gasteiger partial charge in [-0.1, -0.05) is 24.3 Å². The lowest BCUT2D eigenvalue weighted by Gasteiger charge is -2.23. The molecule has 0 radical (unpaired) electrons. The van der Waals surface area contributed by atoms with Crippen molar-refractivity contribution in [2.45, 2.75) is 32.5 Å². The van der Waals surface area contributed by atoms with Gasteiger partial charge in [0, 0.05) is 44.3 Å². The van der Waals surface area contributed by atoms with E-state index in [1.165, 1.54) is 5.56 Å². The molecular formula is C21H29N7O. The van der Waals surface area contributed by atoms with Gasteiger partial charge in [-0.25, -0.2) is 9.98 Å². The van der Waals surface area contributed by atoms with Crippen LogP contribution in [0.3, 0.4) is 0 Å². The van der Waals surface area contributed by atoms with Gasteiger partial charge in [0.25, 0.3) is 0 Å². The molecule has 0 aliphatic rings. The molecular weight excluding hydrogens is 366 g/mol. The summed E-state index contributed by atoms with van der Waals surface area (Å²) in [6, 6.07) is 8.36. The fourth-order valence-electron chi connectivity index (χ4n) is 2.99. The number of hydrogen-bond acceptors (Lipinski definition) is 4. The number of aliphatic imine (C=N–C) groups is 1. The number of benzene rings is 1. The van der Waals surface area contributed by atoms with Crippen molar-refractivity contribution in [2.24, 2.45) is 12.0 Å². The van der Waals surface area contributed by atoms with Gasteiger partial charge in [0.2, 0.25) is 0 Å². The van der Waals surface area contributed by atoms with E-state index in [1.54, 1.807) is 24.0 Å². The van der Waals surface area contributed by atoms with Gasteiger partial charge >= 0.3 is 0 Å². The molecule has 0 fully saturated rings. The maximum atomic E-state index is 10.8. The van der Waals surface area contributed by atoms with Gasteiger partial charge in [0.1, 0.15) is 5.60 Å². The first-order chi connectivity index (χ1) is 14.0. The van der Waals surface area contributed by atoms with Crippen LogP contribution in [0.5, 0.6) is 0 Å². The number of aryl methyl sites for hydroxylation is 1. The Kier molecular flexibility index (Phi) is 6.66. The monoisotopic (exact) mass is 395 g/mol. The van der Waals surface area contributed by atoms with Crippen molar-refractivity contribution in [1.29, 1.82) is 0 Å². The summed E-state index contributed by atoms with van der Waals surface area (Å²) in [6.07, 6.45) is 9.04. The van der Waals surface area contributed by atoms with Gasteiger partial charge in [0.05, 0.1) is 25.6 Å². The Morgan fingerprint density at radius 1 is 1.28 bits per heavy atom. The molecule has 0 spiro atoms. The zero-order valence-electron chi connectivity index (χ0n) is 17.2. The van der Waals surface area contributed by atoms with E-state index in [9.17, 15) is 5.11 Å². The van der Waals surface area contributed by atoms with Crippen molar-refractivity contribution >= 4 is 5.96 Å². The standard InChI is InChI=1S/C21H29N7O/c1-4-23-20(25-15-21(2,29)19-12-26-27(3)14-19)24-11-17-6-5-7-18(10-17)13-28-9-8-22-16-28/h5-10,12,14,16,29H,4,11,13,15H2,1-3H3,(H2,23,24,25). The minimum Gasteiger partial charge on any atom is -0.383 e. The predicted octanol–water partition coefficient (Wildman–Crippen LogP) is 1.63. The van der Waals surface area contributed by atoms with Gasteiger partial charge in [0.15, 0.2) is 5.96 Å². The second-order valence-corrected chi connectivity index (χ2v) is 7.28. The van der Waals surface area contributed by atoms with Gasteiger partial charge in [-0.15, -0.1) is 0 Å². The summed E-state index contributed by atoms with van der Waals surface area (Å²) in [5, 5.41) is 21.3. The Morgan fingerprint density at radius 3 is 2.79 bits per heavy atom. The van der Waals surface area contributed by atoms with Crippen molar-refractivity contribution in [3.63, 3.8) is 0 Å². The second-order valence-electron chi connectivity index (χ2n) is 7.28. The molecule has 2 aromatic heterocycles. The Morgan fingerprint density at radius 2 is 2.10 bits per heavy atom. The number of rotatable bonds is 8. The van der Waals surface area contributed by atoms with Crippen molar-refractivity contribution < 1.29 is 5.11 Å². The zero-order valence-corrected chi connectivity index (χ0v) is 17.2. The first-order valence-corrected chi connectivity index (χ1v) is 9.73. The molecule has 1 unspecified atom stereocenters. The van der Waals surface area contributed by atoms with Crippen LogP contribution in [0.4, 0.5) is 0 Å². The number of aromatic nitrogens is 4. The molecule has 1 atom stereocenters. The van der Waals surface area contributed by atoms with E-state index >= 15 is 0 Å². The van der Waals surface area contributed by atoms with E-state index in [0.717, 1.165) is 24.2 Å².